The van der Waals surface area contributed by atoms with Gasteiger partial charge in [-0.3, -0.25) is 24.7 Å². The van der Waals surface area contributed by atoms with Crippen molar-refractivity contribution < 1.29 is 9.72 Å². The van der Waals surface area contributed by atoms with Gasteiger partial charge in [0.25, 0.3) is 11.2 Å². The summed E-state index contributed by atoms with van der Waals surface area (Å²) in [5, 5.41) is 17.6. The van der Waals surface area contributed by atoms with Gasteiger partial charge in [0.15, 0.2) is 0 Å². The molecule has 3 aromatic rings. The van der Waals surface area contributed by atoms with Gasteiger partial charge in [-0.2, -0.15) is 5.10 Å². The Morgan fingerprint density at radius 1 is 1.19 bits per heavy atom. The van der Waals surface area contributed by atoms with Crippen molar-refractivity contribution in [3.05, 3.63) is 80.9 Å². The number of carbonyl (C=O) groups is 1. The Balaban J connectivity index is 1.78. The number of non-ortho nitro benzene ring substituents is 1. The lowest BCUT2D eigenvalue weighted by atomic mass is 10.2. The van der Waals surface area contributed by atoms with Crippen LogP contribution in [0.3, 0.4) is 0 Å². The summed E-state index contributed by atoms with van der Waals surface area (Å²) in [6.07, 6.45) is 3.22. The lowest BCUT2D eigenvalue weighted by Crippen LogP contribution is -2.29. The molecule has 0 radical (unpaired) electrons. The first kappa shape index (κ1) is 17.9. The topological polar surface area (TPSA) is 120 Å². The number of nitro groups is 1. The number of aromatic nitrogens is 3. The van der Waals surface area contributed by atoms with Gasteiger partial charge in [-0.1, -0.05) is 0 Å². The monoisotopic (exact) mass is 365 g/mol. The molecule has 1 N–H and O–H groups in total. The largest absolute Gasteiger partial charge is 0.324 e. The van der Waals surface area contributed by atoms with E-state index in [0.29, 0.717) is 16.9 Å². The summed E-state index contributed by atoms with van der Waals surface area (Å²) >= 11 is 0. The molecule has 0 atom stereocenters. The standard InChI is InChI=1S/C18H15N5O4/c1-12-10-14(23(26)27)2-3-15(12)20-17(24)11-22-18(25)5-4-16(21-22)13-6-8-19-9-7-13/h2-10H,11H2,1H3,(H,20,24). The van der Waals surface area contributed by atoms with Crippen LogP contribution in [0.2, 0.25) is 0 Å². The van der Waals surface area contributed by atoms with Gasteiger partial charge in [-0.05, 0) is 36.8 Å². The van der Waals surface area contributed by atoms with E-state index in [1.165, 1.54) is 24.3 Å². The number of hydrogen-bond donors (Lipinski definition) is 1. The van der Waals surface area contributed by atoms with E-state index in [1.54, 1.807) is 37.5 Å². The number of nitro benzene ring substituents is 1. The van der Waals surface area contributed by atoms with Crippen molar-refractivity contribution in [1.82, 2.24) is 14.8 Å². The Labute approximate surface area is 153 Å². The molecule has 0 saturated heterocycles. The Morgan fingerprint density at radius 2 is 1.93 bits per heavy atom. The van der Waals surface area contributed by atoms with Crippen LogP contribution < -0.4 is 10.9 Å². The van der Waals surface area contributed by atoms with Gasteiger partial charge >= 0.3 is 0 Å². The number of amides is 1. The van der Waals surface area contributed by atoms with Crippen LogP contribution in [-0.2, 0) is 11.3 Å². The second-order valence-corrected chi connectivity index (χ2v) is 5.75. The predicted molar refractivity (Wildman–Crippen MR) is 98.2 cm³/mol. The van der Waals surface area contributed by atoms with Gasteiger partial charge in [0.1, 0.15) is 6.54 Å². The molecule has 0 aliphatic rings. The molecule has 1 aromatic carbocycles. The fraction of sp³-hybridized carbons (Fsp3) is 0.111. The number of aryl methyl sites for hydroxylation is 1. The molecule has 1 amide bonds. The van der Waals surface area contributed by atoms with Gasteiger partial charge in [0.05, 0.1) is 10.6 Å². The van der Waals surface area contributed by atoms with Crippen LogP contribution in [0, 0.1) is 17.0 Å². The van der Waals surface area contributed by atoms with Gasteiger partial charge < -0.3 is 5.32 Å². The average molecular weight is 365 g/mol. The smallest absolute Gasteiger partial charge is 0.269 e. The molecule has 27 heavy (non-hydrogen) atoms. The zero-order valence-electron chi connectivity index (χ0n) is 14.3. The molecule has 0 aliphatic carbocycles. The van der Waals surface area contributed by atoms with Crippen molar-refractivity contribution in [2.45, 2.75) is 13.5 Å². The third-order valence-electron chi connectivity index (χ3n) is 3.83. The summed E-state index contributed by atoms with van der Waals surface area (Å²) in [7, 11) is 0. The first-order valence-corrected chi connectivity index (χ1v) is 7.97. The van der Waals surface area contributed by atoms with E-state index in [0.717, 1.165) is 10.2 Å². The van der Waals surface area contributed by atoms with Crippen molar-refractivity contribution in [3.63, 3.8) is 0 Å². The van der Waals surface area contributed by atoms with E-state index in [1.807, 2.05) is 0 Å². The minimum Gasteiger partial charge on any atom is -0.324 e. The van der Waals surface area contributed by atoms with Gasteiger partial charge in [-0.15, -0.1) is 0 Å². The van der Waals surface area contributed by atoms with Crippen molar-refractivity contribution in [1.29, 1.82) is 0 Å². The summed E-state index contributed by atoms with van der Waals surface area (Å²) in [5.41, 5.74) is 1.81. The van der Waals surface area contributed by atoms with E-state index >= 15 is 0 Å². The number of benzene rings is 1. The van der Waals surface area contributed by atoms with Crippen LogP contribution in [0.1, 0.15) is 5.56 Å². The van der Waals surface area contributed by atoms with E-state index in [9.17, 15) is 19.7 Å². The number of carbonyl (C=O) groups excluding carboxylic acids is 1. The molecule has 0 bridgehead atoms. The summed E-state index contributed by atoms with van der Waals surface area (Å²) in [6, 6.07) is 10.5. The van der Waals surface area contributed by atoms with E-state index < -0.39 is 16.4 Å². The predicted octanol–water partition coefficient (Wildman–Crippen LogP) is 2.16. The zero-order valence-corrected chi connectivity index (χ0v) is 14.3. The lowest BCUT2D eigenvalue weighted by Gasteiger charge is -2.10. The minimum absolute atomic E-state index is 0.0616. The first-order valence-electron chi connectivity index (χ1n) is 7.97. The molecule has 2 aromatic heterocycles. The molecule has 0 fully saturated rings. The highest BCUT2D eigenvalue weighted by atomic mass is 16.6. The van der Waals surface area contributed by atoms with E-state index in [4.69, 9.17) is 0 Å². The fourth-order valence-corrected chi connectivity index (χ4v) is 2.47. The molecule has 9 heteroatoms. The second-order valence-electron chi connectivity index (χ2n) is 5.75. The first-order chi connectivity index (χ1) is 12.9. The van der Waals surface area contributed by atoms with Crippen LogP contribution in [0.15, 0.2) is 59.7 Å². The van der Waals surface area contributed by atoms with Crippen molar-refractivity contribution in [2.75, 3.05) is 5.32 Å². The Hall–Kier alpha value is -3.88. The molecule has 0 aliphatic heterocycles. The van der Waals surface area contributed by atoms with Gasteiger partial charge in [0.2, 0.25) is 5.91 Å². The number of hydrogen-bond acceptors (Lipinski definition) is 6. The zero-order chi connectivity index (χ0) is 19.4. The average Bonchev–Trinajstić information content (AvgIpc) is 2.65. The van der Waals surface area contributed by atoms with Crippen molar-refractivity contribution in [3.8, 4) is 11.3 Å². The highest BCUT2D eigenvalue weighted by Gasteiger charge is 2.12. The maximum absolute atomic E-state index is 12.3. The number of anilines is 1. The minimum atomic E-state index is -0.507. The molecule has 0 saturated carbocycles. The molecule has 2 heterocycles. The van der Waals surface area contributed by atoms with Crippen LogP contribution in [0.4, 0.5) is 11.4 Å². The quantitative estimate of drug-likeness (QED) is 0.546. The van der Waals surface area contributed by atoms with Crippen LogP contribution in [-0.4, -0.2) is 25.6 Å². The molecular formula is C18H15N5O4. The summed E-state index contributed by atoms with van der Waals surface area (Å²) < 4.78 is 1.06. The maximum atomic E-state index is 12.3. The van der Waals surface area contributed by atoms with Gasteiger partial charge in [0, 0.05) is 41.8 Å². The van der Waals surface area contributed by atoms with E-state index in [-0.39, 0.29) is 12.2 Å². The molecule has 3 rings (SSSR count). The lowest BCUT2D eigenvalue weighted by molar-refractivity contribution is -0.384. The third kappa shape index (κ3) is 4.21. The highest BCUT2D eigenvalue weighted by Crippen LogP contribution is 2.21. The molecule has 9 nitrogen and oxygen atoms in total. The Bertz CT molecular complexity index is 1060. The summed E-state index contributed by atoms with van der Waals surface area (Å²) in [6.45, 7) is 1.37. The van der Waals surface area contributed by atoms with Crippen LogP contribution in [0.5, 0.6) is 0 Å². The van der Waals surface area contributed by atoms with Crippen LogP contribution in [0.25, 0.3) is 11.3 Å². The normalized spacial score (nSPS) is 10.4. The Morgan fingerprint density at radius 3 is 2.59 bits per heavy atom. The van der Waals surface area contributed by atoms with Crippen molar-refractivity contribution >= 4 is 17.3 Å². The fourth-order valence-electron chi connectivity index (χ4n) is 2.47. The number of nitrogens with zero attached hydrogens (tertiary/aromatic N) is 4. The van der Waals surface area contributed by atoms with Crippen molar-refractivity contribution in [2.24, 2.45) is 0 Å². The van der Waals surface area contributed by atoms with Gasteiger partial charge in [-0.25, -0.2) is 4.68 Å². The summed E-state index contributed by atoms with van der Waals surface area (Å²) in [5.74, 6) is -0.464. The highest BCUT2D eigenvalue weighted by molar-refractivity contribution is 5.91. The molecule has 0 spiro atoms. The summed E-state index contributed by atoms with van der Waals surface area (Å²) in [4.78, 5) is 38.5. The maximum Gasteiger partial charge on any atom is 0.269 e. The van der Waals surface area contributed by atoms with Crippen LogP contribution >= 0.6 is 0 Å². The third-order valence-corrected chi connectivity index (χ3v) is 3.83. The number of rotatable bonds is 5. The molecule has 0 unspecified atom stereocenters. The SMILES string of the molecule is Cc1cc([N+](=O)[O-])ccc1NC(=O)Cn1nc(-c2ccncc2)ccc1=O. The Kier molecular flexibility index (Phi) is 5.02. The second kappa shape index (κ2) is 7.56. The van der Waals surface area contributed by atoms with E-state index in [2.05, 4.69) is 15.4 Å². The number of pyridine rings is 1. The molecular weight excluding hydrogens is 350 g/mol. The number of nitrogens with one attached hydrogen (secondary N) is 1. The molecule has 136 valence electrons.